The van der Waals surface area contributed by atoms with E-state index in [0.717, 1.165) is 29.8 Å². The maximum absolute atomic E-state index is 12.8. The number of esters is 1. The summed E-state index contributed by atoms with van der Waals surface area (Å²) in [6, 6.07) is 11.2. The number of rotatable bonds is 5. The topological polar surface area (TPSA) is 93.5 Å². The summed E-state index contributed by atoms with van der Waals surface area (Å²) in [5.74, 6) is 0.447. The second-order valence-electron chi connectivity index (χ2n) is 7.08. The Morgan fingerprint density at radius 1 is 1.07 bits per heavy atom. The van der Waals surface area contributed by atoms with Gasteiger partial charge in [-0.3, -0.25) is 4.79 Å². The van der Waals surface area contributed by atoms with Crippen molar-refractivity contribution < 1.29 is 14.3 Å². The van der Waals surface area contributed by atoms with Crippen molar-refractivity contribution in [2.75, 3.05) is 37.7 Å². The first kappa shape index (κ1) is 19.8. The predicted molar refractivity (Wildman–Crippen MR) is 111 cm³/mol. The van der Waals surface area contributed by atoms with Gasteiger partial charge < -0.3 is 14.5 Å². The van der Waals surface area contributed by atoms with Crippen LogP contribution in [0.4, 0.5) is 5.82 Å². The molecule has 3 heterocycles. The summed E-state index contributed by atoms with van der Waals surface area (Å²) in [6.07, 6.45) is 2.38. The molecule has 30 heavy (non-hydrogen) atoms. The summed E-state index contributed by atoms with van der Waals surface area (Å²) >= 11 is 0. The third-order valence-electron chi connectivity index (χ3n) is 5.14. The maximum atomic E-state index is 12.8. The number of amides is 1. The van der Waals surface area contributed by atoms with E-state index in [9.17, 15) is 9.59 Å². The van der Waals surface area contributed by atoms with Gasteiger partial charge in [0.05, 0.1) is 17.7 Å². The van der Waals surface area contributed by atoms with Gasteiger partial charge in [-0.15, -0.1) is 5.10 Å². The number of hydrogen-bond acceptors (Lipinski definition) is 7. The standard InChI is InChI=1S/C21H24N6O3/c1-2-30-21(29)16-8-9-19(22-14-16)25-10-5-11-26(13-12-25)20(28)15-27-18-7-4-3-6-17(18)23-24-27/h3-4,6-9,14H,2,5,10-13,15H2,1H3. The minimum Gasteiger partial charge on any atom is -0.462 e. The van der Waals surface area contributed by atoms with Crippen molar-refractivity contribution in [1.82, 2.24) is 24.9 Å². The number of hydrogen-bond donors (Lipinski definition) is 0. The summed E-state index contributed by atoms with van der Waals surface area (Å²) in [5.41, 5.74) is 2.07. The molecule has 1 saturated heterocycles. The number of nitrogens with zero attached hydrogens (tertiary/aromatic N) is 6. The van der Waals surface area contributed by atoms with E-state index in [1.54, 1.807) is 17.7 Å². The van der Waals surface area contributed by atoms with Crippen molar-refractivity contribution in [3.63, 3.8) is 0 Å². The van der Waals surface area contributed by atoms with Crippen LogP contribution in [0.15, 0.2) is 42.6 Å². The first-order valence-electron chi connectivity index (χ1n) is 10.1. The van der Waals surface area contributed by atoms with Crippen LogP contribution in [0.5, 0.6) is 0 Å². The number of carbonyl (C=O) groups excluding carboxylic acids is 2. The predicted octanol–water partition coefficient (Wildman–Crippen LogP) is 1.74. The van der Waals surface area contributed by atoms with Gasteiger partial charge in [0.1, 0.15) is 17.9 Å². The van der Waals surface area contributed by atoms with E-state index < -0.39 is 0 Å². The first-order chi connectivity index (χ1) is 14.7. The van der Waals surface area contributed by atoms with Crippen LogP contribution in [-0.2, 0) is 16.1 Å². The van der Waals surface area contributed by atoms with Gasteiger partial charge in [0.2, 0.25) is 5.91 Å². The molecule has 1 amide bonds. The Hall–Kier alpha value is -3.49. The summed E-state index contributed by atoms with van der Waals surface area (Å²) in [7, 11) is 0. The van der Waals surface area contributed by atoms with Crippen LogP contribution in [0.25, 0.3) is 11.0 Å². The van der Waals surface area contributed by atoms with Crippen molar-refractivity contribution >= 4 is 28.7 Å². The molecule has 156 valence electrons. The zero-order chi connectivity index (χ0) is 20.9. The smallest absolute Gasteiger partial charge is 0.339 e. The average molecular weight is 408 g/mol. The number of ether oxygens (including phenoxy) is 1. The molecule has 0 spiro atoms. The lowest BCUT2D eigenvalue weighted by Crippen LogP contribution is -2.37. The van der Waals surface area contributed by atoms with Crippen molar-refractivity contribution in [2.24, 2.45) is 0 Å². The highest BCUT2D eigenvalue weighted by Crippen LogP contribution is 2.16. The van der Waals surface area contributed by atoms with Crippen LogP contribution >= 0.6 is 0 Å². The quantitative estimate of drug-likeness (QED) is 0.594. The van der Waals surface area contributed by atoms with Crippen LogP contribution in [0.1, 0.15) is 23.7 Å². The summed E-state index contributed by atoms with van der Waals surface area (Å²) in [6.45, 7) is 5.04. The fourth-order valence-electron chi connectivity index (χ4n) is 3.57. The second-order valence-corrected chi connectivity index (χ2v) is 7.08. The Balaban J connectivity index is 1.37. The second kappa shape index (κ2) is 8.89. The average Bonchev–Trinajstić information content (AvgIpc) is 3.01. The molecule has 9 heteroatoms. The molecule has 0 saturated carbocycles. The number of benzene rings is 1. The Labute approximate surface area is 174 Å². The Morgan fingerprint density at radius 3 is 2.73 bits per heavy atom. The molecule has 0 N–H and O–H groups in total. The minimum absolute atomic E-state index is 0.0260. The molecule has 0 bridgehead atoms. The molecule has 0 unspecified atom stereocenters. The maximum Gasteiger partial charge on any atom is 0.339 e. The number of aromatic nitrogens is 4. The lowest BCUT2D eigenvalue weighted by Gasteiger charge is -2.23. The Morgan fingerprint density at radius 2 is 1.93 bits per heavy atom. The highest BCUT2D eigenvalue weighted by atomic mass is 16.5. The van der Waals surface area contributed by atoms with Gasteiger partial charge >= 0.3 is 5.97 Å². The zero-order valence-electron chi connectivity index (χ0n) is 16.9. The number of carbonyl (C=O) groups is 2. The van der Waals surface area contributed by atoms with Gasteiger partial charge in [-0.05, 0) is 37.6 Å². The van der Waals surface area contributed by atoms with Gasteiger partial charge in [-0.1, -0.05) is 17.3 Å². The largest absolute Gasteiger partial charge is 0.462 e. The normalized spacial score (nSPS) is 14.6. The molecule has 0 radical (unpaired) electrons. The summed E-state index contributed by atoms with van der Waals surface area (Å²) in [5, 5.41) is 8.22. The number of para-hydroxylation sites is 1. The molecule has 4 rings (SSSR count). The van der Waals surface area contributed by atoms with Crippen molar-refractivity contribution in [2.45, 2.75) is 19.9 Å². The van der Waals surface area contributed by atoms with E-state index >= 15 is 0 Å². The molecule has 2 aromatic heterocycles. The van der Waals surface area contributed by atoms with Crippen LogP contribution in [0, 0.1) is 0 Å². The van der Waals surface area contributed by atoms with Crippen molar-refractivity contribution in [1.29, 1.82) is 0 Å². The van der Waals surface area contributed by atoms with Crippen LogP contribution in [-0.4, -0.2) is 69.5 Å². The van der Waals surface area contributed by atoms with Crippen molar-refractivity contribution in [3.05, 3.63) is 48.2 Å². The summed E-state index contributed by atoms with van der Waals surface area (Å²) in [4.78, 5) is 33.0. The molecular formula is C21H24N6O3. The Kier molecular flexibility index (Phi) is 5.87. The van der Waals surface area contributed by atoms with E-state index in [1.807, 2.05) is 35.2 Å². The Bertz CT molecular complexity index is 1030. The number of fused-ring (bicyclic) bond motifs is 1. The van der Waals surface area contributed by atoms with E-state index in [-0.39, 0.29) is 18.4 Å². The first-order valence-corrected chi connectivity index (χ1v) is 10.1. The molecule has 1 aliphatic heterocycles. The molecule has 1 aliphatic rings. The van der Waals surface area contributed by atoms with E-state index in [4.69, 9.17) is 4.74 Å². The SMILES string of the molecule is CCOC(=O)c1ccc(N2CCCN(C(=O)Cn3nnc4ccccc43)CC2)nc1. The fourth-order valence-corrected chi connectivity index (χ4v) is 3.57. The van der Waals surface area contributed by atoms with Gasteiger partial charge in [0.15, 0.2) is 0 Å². The molecule has 1 fully saturated rings. The molecular weight excluding hydrogens is 384 g/mol. The van der Waals surface area contributed by atoms with E-state index in [1.165, 1.54) is 6.20 Å². The monoisotopic (exact) mass is 408 g/mol. The van der Waals surface area contributed by atoms with Gasteiger partial charge in [-0.25, -0.2) is 14.5 Å². The van der Waals surface area contributed by atoms with Crippen LogP contribution < -0.4 is 4.90 Å². The summed E-state index contributed by atoms with van der Waals surface area (Å²) < 4.78 is 6.64. The van der Waals surface area contributed by atoms with Crippen LogP contribution in [0.3, 0.4) is 0 Å². The molecule has 0 aliphatic carbocycles. The van der Waals surface area contributed by atoms with E-state index in [0.29, 0.717) is 31.8 Å². The third-order valence-corrected chi connectivity index (χ3v) is 5.14. The zero-order valence-corrected chi connectivity index (χ0v) is 16.9. The molecule has 9 nitrogen and oxygen atoms in total. The van der Waals surface area contributed by atoms with Gasteiger partial charge in [0.25, 0.3) is 0 Å². The molecule has 1 aromatic carbocycles. The molecule has 3 aromatic rings. The molecule has 0 atom stereocenters. The fraction of sp³-hybridized carbons (Fsp3) is 0.381. The van der Waals surface area contributed by atoms with Gasteiger partial charge in [0, 0.05) is 32.4 Å². The lowest BCUT2D eigenvalue weighted by atomic mass is 10.2. The van der Waals surface area contributed by atoms with Crippen molar-refractivity contribution in [3.8, 4) is 0 Å². The lowest BCUT2D eigenvalue weighted by molar-refractivity contribution is -0.131. The third kappa shape index (κ3) is 4.24. The minimum atomic E-state index is -0.371. The highest BCUT2D eigenvalue weighted by Gasteiger charge is 2.21. The van der Waals surface area contributed by atoms with Gasteiger partial charge in [-0.2, -0.15) is 0 Å². The van der Waals surface area contributed by atoms with Crippen LogP contribution in [0.2, 0.25) is 0 Å². The van der Waals surface area contributed by atoms with E-state index in [2.05, 4.69) is 20.2 Å². The highest BCUT2D eigenvalue weighted by molar-refractivity contribution is 5.89. The number of anilines is 1. The number of pyridine rings is 1.